The number of carbonyl (C=O) groups is 1. The average molecular weight is 139 g/mol. The van der Waals surface area contributed by atoms with E-state index in [0.29, 0.717) is 12.1 Å². The number of rotatable bonds is 4. The third-order valence-electron chi connectivity index (χ3n) is 1.07. The number of amides is 1. The van der Waals surface area contributed by atoms with Crippen LogP contribution in [0.1, 0.15) is 13.3 Å². The maximum absolute atomic E-state index is 10.9. The fourth-order valence-electron chi connectivity index (χ4n) is 0.445. The smallest absolute Gasteiger partial charge is 0.250 e. The summed E-state index contributed by atoms with van der Waals surface area (Å²) in [5.74, 6) is -0.128. The standard InChI is InChI=1S/C8H13NO/c1-4-6-9-8(10)7(3)5-2/h5H,2-4,6H2,1H3,(H,9,10). The van der Waals surface area contributed by atoms with E-state index in [9.17, 15) is 4.79 Å². The van der Waals surface area contributed by atoms with Gasteiger partial charge in [-0.15, -0.1) is 0 Å². The van der Waals surface area contributed by atoms with Crippen molar-refractivity contribution < 1.29 is 4.79 Å². The van der Waals surface area contributed by atoms with Crippen molar-refractivity contribution in [3.8, 4) is 0 Å². The first-order valence-corrected chi connectivity index (χ1v) is 3.32. The van der Waals surface area contributed by atoms with Crippen molar-refractivity contribution >= 4 is 5.91 Å². The van der Waals surface area contributed by atoms with Gasteiger partial charge in [-0.05, 0) is 6.42 Å². The Kier molecular flexibility index (Phi) is 4.29. The number of carbonyl (C=O) groups excluding carboxylic acids is 1. The van der Waals surface area contributed by atoms with E-state index in [1.54, 1.807) is 0 Å². The van der Waals surface area contributed by atoms with Crippen LogP contribution in [0.3, 0.4) is 0 Å². The molecule has 0 unspecified atom stereocenters. The molecular formula is C8H13NO. The van der Waals surface area contributed by atoms with Crippen LogP contribution < -0.4 is 5.32 Å². The van der Waals surface area contributed by atoms with Crippen LogP contribution in [-0.4, -0.2) is 12.5 Å². The zero-order chi connectivity index (χ0) is 7.98. The molecule has 1 N–H and O–H groups in total. The van der Waals surface area contributed by atoms with Crippen molar-refractivity contribution in [1.82, 2.24) is 5.32 Å². The largest absolute Gasteiger partial charge is 0.352 e. The van der Waals surface area contributed by atoms with Gasteiger partial charge in [0.05, 0.1) is 0 Å². The lowest BCUT2D eigenvalue weighted by atomic mass is 10.3. The molecule has 0 aromatic carbocycles. The van der Waals surface area contributed by atoms with E-state index < -0.39 is 0 Å². The number of hydrogen-bond donors (Lipinski definition) is 1. The second kappa shape index (κ2) is 4.79. The summed E-state index contributed by atoms with van der Waals surface area (Å²) < 4.78 is 0. The maximum Gasteiger partial charge on any atom is 0.250 e. The third kappa shape index (κ3) is 3.07. The first kappa shape index (κ1) is 8.95. The Morgan fingerprint density at radius 1 is 1.70 bits per heavy atom. The van der Waals surface area contributed by atoms with E-state index >= 15 is 0 Å². The minimum atomic E-state index is -0.128. The van der Waals surface area contributed by atoms with Crippen LogP contribution in [-0.2, 0) is 4.79 Å². The minimum Gasteiger partial charge on any atom is -0.352 e. The molecule has 0 radical (unpaired) electrons. The summed E-state index contributed by atoms with van der Waals surface area (Å²) in [5.41, 5.74) is 0.424. The molecule has 0 aliphatic heterocycles. The first-order valence-electron chi connectivity index (χ1n) is 3.32. The van der Waals surface area contributed by atoms with E-state index in [0.717, 1.165) is 6.42 Å². The molecule has 2 nitrogen and oxygen atoms in total. The zero-order valence-corrected chi connectivity index (χ0v) is 6.31. The summed E-state index contributed by atoms with van der Waals surface area (Å²) in [6, 6.07) is 0. The summed E-state index contributed by atoms with van der Waals surface area (Å²) in [6.07, 6.45) is 2.39. The molecule has 0 aromatic heterocycles. The monoisotopic (exact) mass is 139 g/mol. The van der Waals surface area contributed by atoms with E-state index in [4.69, 9.17) is 0 Å². The molecule has 0 saturated carbocycles. The maximum atomic E-state index is 10.9. The van der Waals surface area contributed by atoms with Gasteiger partial charge in [0.15, 0.2) is 0 Å². The molecule has 2 heteroatoms. The van der Waals surface area contributed by atoms with E-state index in [1.807, 2.05) is 6.92 Å². The van der Waals surface area contributed by atoms with Crippen molar-refractivity contribution in [3.63, 3.8) is 0 Å². The molecule has 0 atom stereocenters. The quantitative estimate of drug-likeness (QED) is 0.461. The molecule has 0 bridgehead atoms. The Morgan fingerprint density at radius 3 is 2.70 bits per heavy atom. The van der Waals surface area contributed by atoms with Gasteiger partial charge < -0.3 is 5.32 Å². The summed E-state index contributed by atoms with van der Waals surface area (Å²) in [7, 11) is 0. The van der Waals surface area contributed by atoms with Gasteiger partial charge in [0.2, 0.25) is 0 Å². The molecular weight excluding hydrogens is 126 g/mol. The fourth-order valence-corrected chi connectivity index (χ4v) is 0.445. The Bertz CT molecular complexity index is 149. The van der Waals surface area contributed by atoms with Crippen molar-refractivity contribution in [2.75, 3.05) is 6.54 Å². The molecule has 0 spiro atoms. The van der Waals surface area contributed by atoms with Gasteiger partial charge in [-0.3, -0.25) is 4.79 Å². The van der Waals surface area contributed by atoms with Crippen LogP contribution in [0.25, 0.3) is 0 Å². The Labute approximate surface area is 61.6 Å². The van der Waals surface area contributed by atoms with E-state index in [2.05, 4.69) is 18.5 Å². The summed E-state index contributed by atoms with van der Waals surface area (Å²) in [6.45, 7) is 9.62. The molecule has 0 heterocycles. The SMILES string of the molecule is C=CC(=C)C(=O)NCCC. The van der Waals surface area contributed by atoms with Crippen LogP contribution in [0, 0.1) is 0 Å². The van der Waals surface area contributed by atoms with Crippen molar-refractivity contribution in [1.29, 1.82) is 0 Å². The fraction of sp³-hybridized carbons (Fsp3) is 0.375. The molecule has 0 aliphatic carbocycles. The Hall–Kier alpha value is -1.05. The second-order valence-electron chi connectivity index (χ2n) is 1.99. The average Bonchev–Trinajstić information content (AvgIpc) is 1.98. The Balaban J connectivity index is 3.62. The summed E-state index contributed by atoms with van der Waals surface area (Å²) in [4.78, 5) is 10.9. The molecule has 0 aromatic rings. The normalized spacial score (nSPS) is 8.50. The van der Waals surface area contributed by atoms with Crippen LogP contribution in [0.15, 0.2) is 24.8 Å². The van der Waals surface area contributed by atoms with Gasteiger partial charge >= 0.3 is 0 Å². The van der Waals surface area contributed by atoms with Gasteiger partial charge in [0.1, 0.15) is 0 Å². The van der Waals surface area contributed by atoms with Crippen molar-refractivity contribution in [2.24, 2.45) is 0 Å². The number of nitrogens with one attached hydrogen (secondary N) is 1. The predicted octanol–water partition coefficient (Wildman–Crippen LogP) is 1.25. The topological polar surface area (TPSA) is 29.1 Å². The highest BCUT2D eigenvalue weighted by atomic mass is 16.1. The van der Waals surface area contributed by atoms with E-state index in [-0.39, 0.29) is 5.91 Å². The highest BCUT2D eigenvalue weighted by molar-refractivity contribution is 5.95. The molecule has 0 fully saturated rings. The van der Waals surface area contributed by atoms with Crippen molar-refractivity contribution in [3.05, 3.63) is 24.8 Å². The zero-order valence-electron chi connectivity index (χ0n) is 6.31. The summed E-state index contributed by atoms with van der Waals surface area (Å²) >= 11 is 0. The first-order chi connectivity index (χ1) is 4.72. The molecule has 1 amide bonds. The molecule has 56 valence electrons. The molecule has 10 heavy (non-hydrogen) atoms. The predicted molar refractivity (Wildman–Crippen MR) is 42.6 cm³/mol. The Morgan fingerprint density at radius 2 is 2.30 bits per heavy atom. The van der Waals surface area contributed by atoms with Crippen LogP contribution in [0.5, 0.6) is 0 Å². The van der Waals surface area contributed by atoms with Gasteiger partial charge in [-0.1, -0.05) is 26.2 Å². The lowest BCUT2D eigenvalue weighted by molar-refractivity contribution is -0.117. The lowest BCUT2D eigenvalue weighted by Gasteiger charge is -2.00. The van der Waals surface area contributed by atoms with Crippen LogP contribution in [0.2, 0.25) is 0 Å². The van der Waals surface area contributed by atoms with Crippen molar-refractivity contribution in [2.45, 2.75) is 13.3 Å². The molecule has 0 saturated heterocycles. The van der Waals surface area contributed by atoms with Gasteiger partial charge in [-0.25, -0.2) is 0 Å². The third-order valence-corrected chi connectivity index (χ3v) is 1.07. The highest BCUT2D eigenvalue weighted by Crippen LogP contribution is 1.89. The van der Waals surface area contributed by atoms with Crippen LogP contribution >= 0.6 is 0 Å². The summed E-state index contributed by atoms with van der Waals surface area (Å²) in [5, 5.41) is 2.67. The minimum absolute atomic E-state index is 0.128. The van der Waals surface area contributed by atoms with E-state index in [1.165, 1.54) is 6.08 Å². The lowest BCUT2D eigenvalue weighted by Crippen LogP contribution is -2.24. The second-order valence-corrected chi connectivity index (χ2v) is 1.99. The number of hydrogen-bond acceptors (Lipinski definition) is 1. The van der Waals surface area contributed by atoms with Gasteiger partial charge in [0.25, 0.3) is 5.91 Å². The van der Waals surface area contributed by atoms with Crippen LogP contribution in [0.4, 0.5) is 0 Å². The molecule has 0 rings (SSSR count). The van der Waals surface area contributed by atoms with Gasteiger partial charge in [0, 0.05) is 12.1 Å². The van der Waals surface area contributed by atoms with Gasteiger partial charge in [-0.2, -0.15) is 0 Å². The molecule has 0 aliphatic rings. The highest BCUT2D eigenvalue weighted by Gasteiger charge is 1.98.